The van der Waals surface area contributed by atoms with Gasteiger partial charge in [-0.15, -0.1) is 0 Å². The summed E-state index contributed by atoms with van der Waals surface area (Å²) in [5.41, 5.74) is 7.36. The number of nitrogens with zero attached hydrogens (tertiary/aromatic N) is 2. The lowest BCUT2D eigenvalue weighted by molar-refractivity contribution is 0.0954. The van der Waals surface area contributed by atoms with Crippen LogP contribution in [0.3, 0.4) is 0 Å². The Balaban J connectivity index is 1.26. The summed E-state index contributed by atoms with van der Waals surface area (Å²) in [6, 6.07) is 36.1. The molecule has 10 heteroatoms. The van der Waals surface area contributed by atoms with E-state index in [2.05, 4.69) is 15.8 Å². The van der Waals surface area contributed by atoms with Crippen molar-refractivity contribution < 1.29 is 18.0 Å². The Labute approximate surface area is 273 Å². The fraction of sp³-hybridized carbons (Fsp3) is 0.0833. The molecule has 0 saturated heterocycles. The van der Waals surface area contributed by atoms with Crippen LogP contribution in [0.2, 0.25) is 5.02 Å². The Morgan fingerprint density at radius 3 is 1.98 bits per heavy atom. The molecule has 0 unspecified atom stereocenters. The highest BCUT2D eigenvalue weighted by Crippen LogP contribution is 2.31. The molecule has 0 fully saturated rings. The third-order valence-electron chi connectivity index (χ3n) is 7.24. The molecule has 0 aliphatic heterocycles. The van der Waals surface area contributed by atoms with E-state index in [0.29, 0.717) is 38.8 Å². The summed E-state index contributed by atoms with van der Waals surface area (Å²) in [5, 5.41) is 7.50. The Hall–Kier alpha value is -5.25. The standard InChI is InChI=1S/C36H31ClN4O4S/c1-25-13-20-31(37)23-34(25)41(46(44,45)33-11-7-4-8-12-33)24-27-14-16-30(17-15-27)36(43)40-39-26(2)28-18-21-32(22-19-28)38-35(42)29-9-5-3-6-10-29/h3-23H,24H2,1-2H3,(H,38,42)(H,40,43)/b39-26-. The maximum absolute atomic E-state index is 13.8. The number of amides is 2. The lowest BCUT2D eigenvalue weighted by Gasteiger charge is -2.26. The fourth-order valence-electron chi connectivity index (χ4n) is 4.65. The molecule has 8 nitrogen and oxygen atoms in total. The Bertz CT molecular complexity index is 1980. The maximum atomic E-state index is 13.8. The monoisotopic (exact) mass is 650 g/mol. The minimum absolute atomic E-state index is 0.0272. The van der Waals surface area contributed by atoms with Gasteiger partial charge in [-0.25, -0.2) is 13.8 Å². The number of benzene rings is 5. The number of aryl methyl sites for hydroxylation is 1. The van der Waals surface area contributed by atoms with Crippen molar-refractivity contribution in [3.8, 4) is 0 Å². The van der Waals surface area contributed by atoms with Crippen molar-refractivity contribution in [2.75, 3.05) is 9.62 Å². The van der Waals surface area contributed by atoms with Crippen molar-refractivity contribution >= 4 is 50.5 Å². The normalized spacial score (nSPS) is 11.5. The number of rotatable bonds is 10. The van der Waals surface area contributed by atoms with Crippen molar-refractivity contribution in [3.63, 3.8) is 0 Å². The van der Waals surface area contributed by atoms with Crippen LogP contribution in [0.5, 0.6) is 0 Å². The van der Waals surface area contributed by atoms with Gasteiger partial charge in [-0.2, -0.15) is 5.10 Å². The minimum Gasteiger partial charge on any atom is -0.322 e. The van der Waals surface area contributed by atoms with Crippen molar-refractivity contribution in [3.05, 3.63) is 160 Å². The average Bonchev–Trinajstić information content (AvgIpc) is 3.08. The summed E-state index contributed by atoms with van der Waals surface area (Å²) in [4.78, 5) is 25.4. The van der Waals surface area contributed by atoms with Gasteiger partial charge in [0.05, 0.1) is 22.8 Å². The van der Waals surface area contributed by atoms with Crippen molar-refractivity contribution in [1.82, 2.24) is 5.43 Å². The lowest BCUT2D eigenvalue weighted by atomic mass is 10.1. The van der Waals surface area contributed by atoms with Crippen LogP contribution in [0.15, 0.2) is 137 Å². The molecule has 0 spiro atoms. The molecular formula is C36H31ClN4O4S. The Kier molecular flexibility index (Phi) is 9.95. The molecule has 0 saturated carbocycles. The quantitative estimate of drug-likeness (QED) is 0.121. The van der Waals surface area contributed by atoms with Gasteiger partial charge in [0, 0.05) is 21.8 Å². The van der Waals surface area contributed by atoms with E-state index in [9.17, 15) is 18.0 Å². The number of hydrazone groups is 1. The Morgan fingerprint density at radius 1 is 0.739 bits per heavy atom. The highest BCUT2D eigenvalue weighted by molar-refractivity contribution is 7.92. The number of anilines is 2. The number of halogens is 1. The molecule has 232 valence electrons. The van der Waals surface area contributed by atoms with Crippen LogP contribution in [0.1, 0.15) is 44.3 Å². The topological polar surface area (TPSA) is 108 Å². The minimum atomic E-state index is -3.93. The van der Waals surface area contributed by atoms with Crippen LogP contribution in [0, 0.1) is 6.92 Å². The van der Waals surface area contributed by atoms with Gasteiger partial charge in [0.15, 0.2) is 0 Å². The third kappa shape index (κ3) is 7.69. The van der Waals surface area contributed by atoms with Crippen LogP contribution in [-0.2, 0) is 16.6 Å². The first kappa shape index (κ1) is 32.2. The van der Waals surface area contributed by atoms with Gasteiger partial charge in [-0.05, 0) is 91.2 Å². The zero-order valence-electron chi connectivity index (χ0n) is 25.1. The molecule has 0 atom stereocenters. The van der Waals surface area contributed by atoms with Gasteiger partial charge in [0.2, 0.25) is 0 Å². The molecule has 2 N–H and O–H groups in total. The number of nitrogens with one attached hydrogen (secondary N) is 2. The van der Waals surface area contributed by atoms with E-state index in [1.807, 2.05) is 13.0 Å². The second-order valence-corrected chi connectivity index (χ2v) is 12.8. The first-order chi connectivity index (χ1) is 22.1. The average molecular weight is 651 g/mol. The maximum Gasteiger partial charge on any atom is 0.271 e. The number of sulfonamides is 1. The number of carbonyl (C=O) groups is 2. The van der Waals surface area contributed by atoms with E-state index in [0.717, 1.165) is 11.1 Å². The molecule has 0 heterocycles. The molecule has 5 rings (SSSR count). The van der Waals surface area contributed by atoms with Crippen LogP contribution in [-0.4, -0.2) is 25.9 Å². The summed E-state index contributed by atoms with van der Waals surface area (Å²) in [6.45, 7) is 3.62. The van der Waals surface area contributed by atoms with E-state index in [1.54, 1.807) is 128 Å². The van der Waals surface area contributed by atoms with Gasteiger partial charge in [-0.3, -0.25) is 13.9 Å². The first-order valence-electron chi connectivity index (χ1n) is 14.4. The molecule has 5 aromatic rings. The molecule has 0 bridgehead atoms. The second-order valence-electron chi connectivity index (χ2n) is 10.5. The summed E-state index contributed by atoms with van der Waals surface area (Å²) in [5.74, 6) is -0.626. The van der Waals surface area contributed by atoms with Gasteiger partial charge in [0.25, 0.3) is 21.8 Å². The largest absolute Gasteiger partial charge is 0.322 e. The van der Waals surface area contributed by atoms with Gasteiger partial charge >= 0.3 is 0 Å². The second kappa shape index (κ2) is 14.2. The fourth-order valence-corrected chi connectivity index (χ4v) is 6.35. The molecule has 5 aromatic carbocycles. The highest BCUT2D eigenvalue weighted by atomic mass is 35.5. The van der Waals surface area contributed by atoms with Crippen LogP contribution in [0.4, 0.5) is 11.4 Å². The summed E-state index contributed by atoms with van der Waals surface area (Å²) in [6.07, 6.45) is 0. The van der Waals surface area contributed by atoms with Crippen LogP contribution < -0.4 is 15.0 Å². The molecule has 2 amide bonds. The smallest absolute Gasteiger partial charge is 0.271 e. The van der Waals surface area contributed by atoms with E-state index in [-0.39, 0.29) is 17.3 Å². The Morgan fingerprint density at radius 2 is 1.33 bits per heavy atom. The van der Waals surface area contributed by atoms with Crippen molar-refractivity contribution in [2.45, 2.75) is 25.3 Å². The molecule has 46 heavy (non-hydrogen) atoms. The number of hydrogen-bond acceptors (Lipinski definition) is 5. The van der Waals surface area contributed by atoms with Crippen LogP contribution >= 0.6 is 11.6 Å². The van der Waals surface area contributed by atoms with Gasteiger partial charge < -0.3 is 5.32 Å². The van der Waals surface area contributed by atoms with Crippen LogP contribution in [0.25, 0.3) is 0 Å². The first-order valence-corrected chi connectivity index (χ1v) is 16.2. The predicted molar refractivity (Wildman–Crippen MR) is 183 cm³/mol. The number of carbonyl (C=O) groups excluding carboxylic acids is 2. The van der Waals surface area contributed by atoms with Crippen molar-refractivity contribution in [1.29, 1.82) is 0 Å². The zero-order valence-corrected chi connectivity index (χ0v) is 26.7. The molecule has 0 radical (unpaired) electrons. The van der Waals surface area contributed by atoms with Crippen molar-refractivity contribution in [2.24, 2.45) is 5.10 Å². The van der Waals surface area contributed by atoms with E-state index in [1.165, 1.54) is 4.31 Å². The molecule has 0 aliphatic carbocycles. The third-order valence-corrected chi connectivity index (χ3v) is 9.24. The van der Waals surface area contributed by atoms with Gasteiger partial charge in [0.1, 0.15) is 0 Å². The van der Waals surface area contributed by atoms with Gasteiger partial charge in [-0.1, -0.05) is 78.3 Å². The van der Waals surface area contributed by atoms with E-state index in [4.69, 9.17) is 11.6 Å². The zero-order chi connectivity index (χ0) is 32.7. The molecule has 0 aromatic heterocycles. The van der Waals surface area contributed by atoms with E-state index >= 15 is 0 Å². The lowest BCUT2D eigenvalue weighted by Crippen LogP contribution is -2.31. The predicted octanol–water partition coefficient (Wildman–Crippen LogP) is 7.45. The summed E-state index contributed by atoms with van der Waals surface area (Å²) >= 11 is 6.26. The van der Waals surface area contributed by atoms with E-state index < -0.39 is 15.9 Å². The highest BCUT2D eigenvalue weighted by Gasteiger charge is 2.26. The SMILES string of the molecule is C/C(=N/NC(=O)c1ccc(CN(c2cc(Cl)ccc2C)S(=O)(=O)c2ccccc2)cc1)c1ccc(NC(=O)c2ccccc2)cc1. The molecular weight excluding hydrogens is 620 g/mol. The summed E-state index contributed by atoms with van der Waals surface area (Å²) in [7, 11) is -3.93. The summed E-state index contributed by atoms with van der Waals surface area (Å²) < 4.78 is 28.8. The number of hydrogen-bond donors (Lipinski definition) is 2. The molecule has 0 aliphatic rings.